The fourth-order valence-electron chi connectivity index (χ4n) is 1.44. The van der Waals surface area contributed by atoms with Crippen LogP contribution in [0.5, 0.6) is 0 Å². The molecule has 2 aromatic heterocycles. The maximum absolute atomic E-state index is 4.30. The summed E-state index contributed by atoms with van der Waals surface area (Å²) in [5.41, 5.74) is 2.17. The van der Waals surface area contributed by atoms with Crippen LogP contribution < -0.4 is 5.32 Å². The topological polar surface area (TPSA) is 42.7 Å². The summed E-state index contributed by atoms with van der Waals surface area (Å²) in [6.45, 7) is 4.99. The minimum Gasteiger partial charge on any atom is -0.380 e. The van der Waals surface area contributed by atoms with Crippen molar-refractivity contribution in [2.45, 2.75) is 26.4 Å². The van der Waals surface area contributed by atoms with E-state index in [1.165, 1.54) is 5.56 Å². The Hall–Kier alpha value is -1.36. The van der Waals surface area contributed by atoms with Crippen LogP contribution in [0.25, 0.3) is 0 Å². The van der Waals surface area contributed by atoms with E-state index in [-0.39, 0.29) is 0 Å². The molecule has 5 heteroatoms. The Bertz CT molecular complexity index is 476. The highest BCUT2D eigenvalue weighted by Crippen LogP contribution is 2.12. The Morgan fingerprint density at radius 1 is 1.35 bits per heavy atom. The minimum atomic E-state index is 0.401. The maximum atomic E-state index is 4.30. The predicted molar refractivity (Wildman–Crippen MR) is 71.9 cm³/mol. The maximum Gasteiger partial charge on any atom is 0.106 e. The highest BCUT2D eigenvalue weighted by molar-refractivity contribution is 9.10. The van der Waals surface area contributed by atoms with Gasteiger partial charge in [0.2, 0.25) is 0 Å². The summed E-state index contributed by atoms with van der Waals surface area (Å²) in [5, 5.41) is 7.60. The van der Waals surface area contributed by atoms with Gasteiger partial charge in [0.05, 0.1) is 18.1 Å². The van der Waals surface area contributed by atoms with Crippen molar-refractivity contribution in [1.29, 1.82) is 0 Å². The second-order valence-electron chi connectivity index (χ2n) is 4.15. The normalized spacial score (nSPS) is 10.8. The van der Waals surface area contributed by atoms with Crippen molar-refractivity contribution in [2.24, 2.45) is 0 Å². The molecule has 2 aromatic rings. The predicted octanol–water partition coefficient (Wildman–Crippen LogP) is 3.23. The molecule has 0 amide bonds. The number of pyridine rings is 1. The summed E-state index contributed by atoms with van der Waals surface area (Å²) in [6, 6.07) is 4.31. The third-order valence-electron chi connectivity index (χ3n) is 2.41. The van der Waals surface area contributed by atoms with Crippen LogP contribution in [0.3, 0.4) is 0 Å². The first-order valence-electron chi connectivity index (χ1n) is 5.53. The van der Waals surface area contributed by atoms with Gasteiger partial charge in [-0.05, 0) is 41.9 Å². The number of nitrogens with one attached hydrogen (secondary N) is 1. The summed E-state index contributed by atoms with van der Waals surface area (Å²) < 4.78 is 2.80. The molecule has 0 fully saturated rings. The second-order valence-corrected chi connectivity index (χ2v) is 4.96. The highest BCUT2D eigenvalue weighted by Gasteiger charge is 2.01. The molecule has 0 saturated carbocycles. The van der Waals surface area contributed by atoms with E-state index < -0.39 is 0 Å². The molecule has 2 heterocycles. The number of halogens is 1. The molecule has 0 saturated heterocycles. The van der Waals surface area contributed by atoms with Gasteiger partial charge in [-0.25, -0.2) is 4.98 Å². The summed E-state index contributed by atoms with van der Waals surface area (Å²) >= 11 is 3.31. The van der Waals surface area contributed by atoms with Crippen molar-refractivity contribution in [3.05, 3.63) is 40.9 Å². The van der Waals surface area contributed by atoms with Crippen molar-refractivity contribution >= 4 is 21.6 Å². The van der Waals surface area contributed by atoms with Crippen molar-refractivity contribution in [2.75, 3.05) is 5.32 Å². The van der Waals surface area contributed by atoms with Gasteiger partial charge in [0.25, 0.3) is 0 Å². The van der Waals surface area contributed by atoms with E-state index in [0.717, 1.165) is 16.8 Å². The van der Waals surface area contributed by atoms with Crippen LogP contribution in [0.15, 0.2) is 35.3 Å². The monoisotopic (exact) mass is 294 g/mol. The molecule has 0 aromatic carbocycles. The van der Waals surface area contributed by atoms with Crippen molar-refractivity contribution in [3.8, 4) is 0 Å². The summed E-state index contributed by atoms with van der Waals surface area (Å²) in [7, 11) is 0. The van der Waals surface area contributed by atoms with Crippen LogP contribution in [-0.2, 0) is 6.54 Å². The molecular formula is C12H15BrN4. The number of anilines is 1. The minimum absolute atomic E-state index is 0.401. The molecule has 0 atom stereocenters. The molecular weight excluding hydrogens is 280 g/mol. The average molecular weight is 295 g/mol. The van der Waals surface area contributed by atoms with Gasteiger partial charge in [-0.3, -0.25) is 4.68 Å². The van der Waals surface area contributed by atoms with Crippen LogP contribution >= 0.6 is 15.9 Å². The smallest absolute Gasteiger partial charge is 0.106 e. The fourth-order valence-corrected chi connectivity index (χ4v) is 1.67. The highest BCUT2D eigenvalue weighted by atomic mass is 79.9. The Balaban J connectivity index is 1.95. The van der Waals surface area contributed by atoms with Gasteiger partial charge in [0.1, 0.15) is 4.60 Å². The number of aromatic nitrogens is 3. The molecule has 90 valence electrons. The fraction of sp³-hybridized carbons (Fsp3) is 0.333. The van der Waals surface area contributed by atoms with E-state index >= 15 is 0 Å². The second kappa shape index (κ2) is 5.31. The van der Waals surface area contributed by atoms with Gasteiger partial charge in [-0.1, -0.05) is 0 Å². The SMILES string of the molecule is CC(C)n1cc(CNc2ccc(Br)nc2)cn1. The quantitative estimate of drug-likeness (QED) is 0.881. The van der Waals surface area contributed by atoms with Gasteiger partial charge < -0.3 is 5.32 Å². The number of hydrogen-bond acceptors (Lipinski definition) is 3. The Morgan fingerprint density at radius 3 is 2.76 bits per heavy atom. The van der Waals surface area contributed by atoms with E-state index in [9.17, 15) is 0 Å². The van der Waals surface area contributed by atoms with Gasteiger partial charge >= 0.3 is 0 Å². The van der Waals surface area contributed by atoms with E-state index in [0.29, 0.717) is 6.04 Å². The molecule has 0 aliphatic carbocycles. The van der Waals surface area contributed by atoms with Crippen LogP contribution in [-0.4, -0.2) is 14.8 Å². The number of rotatable bonds is 4. The molecule has 0 aliphatic rings. The molecule has 4 nitrogen and oxygen atoms in total. The van der Waals surface area contributed by atoms with E-state index in [1.54, 1.807) is 6.20 Å². The lowest BCUT2D eigenvalue weighted by molar-refractivity contribution is 0.532. The zero-order valence-corrected chi connectivity index (χ0v) is 11.5. The van der Waals surface area contributed by atoms with Crippen LogP contribution in [0, 0.1) is 0 Å². The van der Waals surface area contributed by atoms with E-state index in [4.69, 9.17) is 0 Å². The molecule has 0 radical (unpaired) electrons. The third-order valence-corrected chi connectivity index (χ3v) is 2.88. The largest absolute Gasteiger partial charge is 0.380 e. The molecule has 2 rings (SSSR count). The van der Waals surface area contributed by atoms with E-state index in [1.807, 2.05) is 23.0 Å². The van der Waals surface area contributed by atoms with Crippen LogP contribution in [0.1, 0.15) is 25.5 Å². The van der Waals surface area contributed by atoms with Crippen molar-refractivity contribution in [1.82, 2.24) is 14.8 Å². The number of nitrogens with zero attached hydrogens (tertiary/aromatic N) is 3. The summed E-state index contributed by atoms with van der Waals surface area (Å²) in [4.78, 5) is 4.16. The first-order valence-corrected chi connectivity index (χ1v) is 6.33. The first kappa shape index (κ1) is 12.1. The molecule has 1 N–H and O–H groups in total. The lowest BCUT2D eigenvalue weighted by Crippen LogP contribution is -2.01. The van der Waals surface area contributed by atoms with Gasteiger partial charge in [-0.2, -0.15) is 5.10 Å². The lowest BCUT2D eigenvalue weighted by atomic mass is 10.3. The van der Waals surface area contributed by atoms with E-state index in [2.05, 4.69) is 51.4 Å². The Morgan fingerprint density at radius 2 is 2.18 bits per heavy atom. The molecule has 0 bridgehead atoms. The van der Waals surface area contributed by atoms with Crippen molar-refractivity contribution in [3.63, 3.8) is 0 Å². The third kappa shape index (κ3) is 3.30. The van der Waals surface area contributed by atoms with Crippen LogP contribution in [0.2, 0.25) is 0 Å². The molecule has 17 heavy (non-hydrogen) atoms. The Kier molecular flexibility index (Phi) is 3.78. The van der Waals surface area contributed by atoms with Crippen molar-refractivity contribution < 1.29 is 0 Å². The molecule has 0 spiro atoms. The summed E-state index contributed by atoms with van der Waals surface area (Å²) in [5.74, 6) is 0. The number of hydrogen-bond donors (Lipinski definition) is 1. The molecule has 0 unspecified atom stereocenters. The van der Waals surface area contributed by atoms with Gasteiger partial charge in [0.15, 0.2) is 0 Å². The average Bonchev–Trinajstić information content (AvgIpc) is 2.77. The first-order chi connectivity index (χ1) is 8.15. The molecule has 0 aliphatic heterocycles. The zero-order valence-electron chi connectivity index (χ0n) is 9.89. The zero-order chi connectivity index (χ0) is 12.3. The standard InChI is InChI=1S/C12H15BrN4/c1-9(2)17-8-10(6-16-17)5-14-11-3-4-12(13)15-7-11/h3-4,6-9,14H,5H2,1-2H3. The Labute approximate surface area is 109 Å². The van der Waals surface area contributed by atoms with Crippen LogP contribution in [0.4, 0.5) is 5.69 Å². The van der Waals surface area contributed by atoms with Gasteiger partial charge in [0, 0.05) is 24.3 Å². The summed E-state index contributed by atoms with van der Waals surface area (Å²) in [6.07, 6.45) is 5.75. The van der Waals surface area contributed by atoms with Gasteiger partial charge in [-0.15, -0.1) is 0 Å². The lowest BCUT2D eigenvalue weighted by Gasteiger charge is -2.05.